The topological polar surface area (TPSA) is 39.5 Å². The van der Waals surface area contributed by atoms with Gasteiger partial charge in [0.1, 0.15) is 5.84 Å². The maximum absolute atomic E-state index is 7.69. The standard InChI is InChI=1S/C10H11N3/c1-8-7-10(11)13(12-8)9-5-3-2-4-6-9/h2-6,11H,7H2,1H3. The van der Waals surface area contributed by atoms with Crippen LogP contribution >= 0.6 is 0 Å². The molecule has 1 aromatic carbocycles. The van der Waals surface area contributed by atoms with E-state index < -0.39 is 0 Å². The number of anilines is 1. The molecule has 1 aromatic rings. The Labute approximate surface area is 77.2 Å². The Morgan fingerprint density at radius 1 is 1.31 bits per heavy atom. The van der Waals surface area contributed by atoms with E-state index in [0.717, 1.165) is 11.4 Å². The van der Waals surface area contributed by atoms with E-state index in [1.807, 2.05) is 37.3 Å². The first kappa shape index (κ1) is 7.98. The lowest BCUT2D eigenvalue weighted by molar-refractivity contribution is 1.13. The highest BCUT2D eigenvalue weighted by Gasteiger charge is 2.18. The zero-order valence-electron chi connectivity index (χ0n) is 7.49. The van der Waals surface area contributed by atoms with E-state index in [-0.39, 0.29) is 0 Å². The van der Waals surface area contributed by atoms with Crippen molar-refractivity contribution in [1.82, 2.24) is 0 Å². The summed E-state index contributed by atoms with van der Waals surface area (Å²) < 4.78 is 0. The van der Waals surface area contributed by atoms with Gasteiger partial charge in [-0.25, -0.2) is 5.01 Å². The van der Waals surface area contributed by atoms with Crippen LogP contribution < -0.4 is 5.01 Å². The van der Waals surface area contributed by atoms with Crippen molar-refractivity contribution >= 4 is 17.2 Å². The minimum atomic E-state index is 0.545. The average Bonchev–Trinajstić information content (AvgIpc) is 2.47. The molecule has 1 aliphatic heterocycles. The van der Waals surface area contributed by atoms with Gasteiger partial charge < -0.3 is 0 Å². The molecule has 0 fully saturated rings. The molecule has 1 heterocycles. The minimum absolute atomic E-state index is 0.545. The Morgan fingerprint density at radius 3 is 2.54 bits per heavy atom. The van der Waals surface area contributed by atoms with Crippen molar-refractivity contribution in [3.05, 3.63) is 30.3 Å². The molecule has 0 saturated carbocycles. The first-order valence-electron chi connectivity index (χ1n) is 4.24. The van der Waals surface area contributed by atoms with E-state index in [4.69, 9.17) is 5.41 Å². The normalized spacial score (nSPS) is 16.2. The summed E-state index contributed by atoms with van der Waals surface area (Å²) in [6, 6.07) is 9.77. The van der Waals surface area contributed by atoms with E-state index in [1.54, 1.807) is 5.01 Å². The Balaban J connectivity index is 2.33. The van der Waals surface area contributed by atoms with Crippen molar-refractivity contribution in [3.8, 4) is 0 Å². The lowest BCUT2D eigenvalue weighted by atomic mass is 10.3. The van der Waals surface area contributed by atoms with Crippen LogP contribution in [-0.4, -0.2) is 11.5 Å². The molecular formula is C10H11N3. The molecule has 1 aliphatic rings. The quantitative estimate of drug-likeness (QED) is 0.695. The van der Waals surface area contributed by atoms with Gasteiger partial charge in [-0.3, -0.25) is 5.41 Å². The molecule has 0 spiro atoms. The molecule has 0 saturated heterocycles. The molecule has 0 aliphatic carbocycles. The summed E-state index contributed by atoms with van der Waals surface area (Å²) in [6.07, 6.45) is 0.662. The van der Waals surface area contributed by atoms with Crippen LogP contribution in [0.3, 0.4) is 0 Å². The van der Waals surface area contributed by atoms with E-state index in [0.29, 0.717) is 12.3 Å². The van der Waals surface area contributed by atoms with Crippen molar-refractivity contribution in [2.75, 3.05) is 5.01 Å². The summed E-state index contributed by atoms with van der Waals surface area (Å²) in [5, 5.41) is 13.6. The third-order valence-electron chi connectivity index (χ3n) is 1.95. The maximum atomic E-state index is 7.69. The second-order valence-electron chi connectivity index (χ2n) is 3.11. The van der Waals surface area contributed by atoms with Gasteiger partial charge in [0.05, 0.1) is 5.69 Å². The SMILES string of the molecule is CC1=NN(c2ccccc2)C(=N)C1. The zero-order valence-corrected chi connectivity index (χ0v) is 7.49. The third-order valence-corrected chi connectivity index (χ3v) is 1.95. The number of para-hydroxylation sites is 1. The molecule has 0 amide bonds. The molecule has 0 aromatic heterocycles. The highest BCUT2D eigenvalue weighted by Crippen LogP contribution is 2.19. The fourth-order valence-corrected chi connectivity index (χ4v) is 1.37. The molecule has 0 radical (unpaired) electrons. The van der Waals surface area contributed by atoms with Gasteiger partial charge in [0.15, 0.2) is 0 Å². The lowest BCUT2D eigenvalue weighted by Crippen LogP contribution is -2.18. The molecule has 0 bridgehead atoms. The molecule has 66 valence electrons. The molecule has 2 rings (SSSR count). The van der Waals surface area contributed by atoms with Crippen molar-refractivity contribution < 1.29 is 0 Å². The molecule has 3 heteroatoms. The molecule has 0 unspecified atom stereocenters. The molecule has 1 N–H and O–H groups in total. The van der Waals surface area contributed by atoms with Gasteiger partial charge in [-0.1, -0.05) is 18.2 Å². The summed E-state index contributed by atoms with van der Waals surface area (Å²) >= 11 is 0. The summed E-state index contributed by atoms with van der Waals surface area (Å²) in [5.74, 6) is 0.545. The first-order valence-corrected chi connectivity index (χ1v) is 4.24. The average molecular weight is 173 g/mol. The van der Waals surface area contributed by atoms with Crippen LogP contribution in [0.25, 0.3) is 0 Å². The summed E-state index contributed by atoms with van der Waals surface area (Å²) in [5.41, 5.74) is 1.96. The van der Waals surface area contributed by atoms with E-state index in [1.165, 1.54) is 0 Å². The smallest absolute Gasteiger partial charge is 0.128 e. The van der Waals surface area contributed by atoms with E-state index in [2.05, 4.69) is 5.10 Å². The van der Waals surface area contributed by atoms with Gasteiger partial charge in [-0.2, -0.15) is 5.10 Å². The molecular weight excluding hydrogens is 162 g/mol. The number of nitrogens with one attached hydrogen (secondary N) is 1. The van der Waals surface area contributed by atoms with Crippen molar-refractivity contribution in [2.24, 2.45) is 5.10 Å². The third kappa shape index (κ3) is 1.45. The Kier molecular flexibility index (Phi) is 1.85. The number of hydrogen-bond acceptors (Lipinski definition) is 2. The zero-order chi connectivity index (χ0) is 9.26. The second kappa shape index (κ2) is 3.01. The van der Waals surface area contributed by atoms with Gasteiger partial charge >= 0.3 is 0 Å². The number of rotatable bonds is 1. The predicted molar refractivity (Wildman–Crippen MR) is 54.4 cm³/mol. The van der Waals surface area contributed by atoms with Crippen LogP contribution in [0.15, 0.2) is 35.4 Å². The summed E-state index contributed by atoms with van der Waals surface area (Å²) in [6.45, 7) is 1.94. The Bertz CT molecular complexity index is 354. The highest BCUT2D eigenvalue weighted by molar-refractivity contribution is 6.13. The van der Waals surface area contributed by atoms with Gasteiger partial charge in [0.2, 0.25) is 0 Å². The monoisotopic (exact) mass is 173 g/mol. The van der Waals surface area contributed by atoms with Crippen LogP contribution in [0.1, 0.15) is 13.3 Å². The molecule has 13 heavy (non-hydrogen) atoms. The van der Waals surface area contributed by atoms with Crippen LogP contribution in [-0.2, 0) is 0 Å². The van der Waals surface area contributed by atoms with Crippen molar-refractivity contribution in [3.63, 3.8) is 0 Å². The lowest BCUT2D eigenvalue weighted by Gasteiger charge is -2.12. The second-order valence-corrected chi connectivity index (χ2v) is 3.11. The fourth-order valence-electron chi connectivity index (χ4n) is 1.37. The first-order chi connectivity index (χ1) is 6.27. The van der Waals surface area contributed by atoms with Crippen LogP contribution in [0.4, 0.5) is 5.69 Å². The van der Waals surface area contributed by atoms with E-state index >= 15 is 0 Å². The van der Waals surface area contributed by atoms with Gasteiger partial charge in [-0.05, 0) is 19.1 Å². The predicted octanol–water partition coefficient (Wildman–Crippen LogP) is 2.25. The minimum Gasteiger partial charge on any atom is -0.286 e. The summed E-state index contributed by atoms with van der Waals surface area (Å²) in [7, 11) is 0. The summed E-state index contributed by atoms with van der Waals surface area (Å²) in [4.78, 5) is 0. The fraction of sp³-hybridized carbons (Fsp3) is 0.200. The number of amidine groups is 1. The molecule has 0 atom stereocenters. The van der Waals surface area contributed by atoms with Crippen molar-refractivity contribution in [2.45, 2.75) is 13.3 Å². The van der Waals surface area contributed by atoms with Gasteiger partial charge in [-0.15, -0.1) is 0 Å². The number of hydrogen-bond donors (Lipinski definition) is 1. The Morgan fingerprint density at radius 2 is 2.00 bits per heavy atom. The Hall–Kier alpha value is -1.64. The number of hydrazone groups is 1. The largest absolute Gasteiger partial charge is 0.286 e. The van der Waals surface area contributed by atoms with Gasteiger partial charge in [0, 0.05) is 12.1 Å². The number of nitrogens with zero attached hydrogens (tertiary/aromatic N) is 2. The van der Waals surface area contributed by atoms with Crippen LogP contribution in [0, 0.1) is 5.41 Å². The number of benzene rings is 1. The molecule has 3 nitrogen and oxygen atoms in total. The van der Waals surface area contributed by atoms with Crippen LogP contribution in [0.5, 0.6) is 0 Å². The van der Waals surface area contributed by atoms with Crippen LogP contribution in [0.2, 0.25) is 0 Å². The van der Waals surface area contributed by atoms with Crippen molar-refractivity contribution in [1.29, 1.82) is 5.41 Å². The van der Waals surface area contributed by atoms with E-state index in [9.17, 15) is 0 Å². The van der Waals surface area contributed by atoms with Gasteiger partial charge in [0.25, 0.3) is 0 Å². The maximum Gasteiger partial charge on any atom is 0.128 e. The highest BCUT2D eigenvalue weighted by atomic mass is 15.5.